The first-order valence-corrected chi connectivity index (χ1v) is 7.63. The average Bonchev–Trinajstić information content (AvgIpc) is 2.32. The van der Waals surface area contributed by atoms with Gasteiger partial charge in [0.05, 0.1) is 6.61 Å². The molecule has 0 unspecified atom stereocenters. The fourth-order valence-corrected chi connectivity index (χ4v) is 2.83. The molecule has 0 aromatic carbocycles. The smallest absolute Gasteiger partial charge is 0.191 e. The molecule has 0 aliphatic heterocycles. The number of nitrogens with zero attached hydrogens (tertiary/aromatic N) is 1. The summed E-state index contributed by atoms with van der Waals surface area (Å²) in [5, 5.41) is 6.61. The molecule has 0 aromatic rings. The van der Waals surface area contributed by atoms with Gasteiger partial charge in [-0.1, -0.05) is 20.3 Å². The van der Waals surface area contributed by atoms with Gasteiger partial charge in [0.1, 0.15) is 0 Å². The highest BCUT2D eigenvalue weighted by Crippen LogP contribution is 2.46. The lowest BCUT2D eigenvalue weighted by Crippen LogP contribution is -2.41. The van der Waals surface area contributed by atoms with Crippen LogP contribution in [0.5, 0.6) is 0 Å². The minimum atomic E-state index is 0.470. The average molecular weight is 269 g/mol. The van der Waals surface area contributed by atoms with E-state index < -0.39 is 0 Å². The van der Waals surface area contributed by atoms with Crippen LogP contribution in [0.2, 0.25) is 0 Å². The van der Waals surface area contributed by atoms with Gasteiger partial charge < -0.3 is 15.4 Å². The Morgan fingerprint density at radius 2 is 2.05 bits per heavy atom. The van der Waals surface area contributed by atoms with Crippen molar-refractivity contribution in [1.29, 1.82) is 0 Å². The van der Waals surface area contributed by atoms with Crippen molar-refractivity contribution in [3.63, 3.8) is 0 Å². The quantitative estimate of drug-likeness (QED) is 0.404. The molecule has 112 valence electrons. The van der Waals surface area contributed by atoms with E-state index in [2.05, 4.69) is 31.4 Å². The number of ether oxygens (including phenoxy) is 1. The topological polar surface area (TPSA) is 45.7 Å². The summed E-state index contributed by atoms with van der Waals surface area (Å²) in [6.45, 7) is 10.1. The summed E-state index contributed by atoms with van der Waals surface area (Å²) in [4.78, 5) is 4.77. The minimum Gasteiger partial charge on any atom is -0.383 e. The number of rotatable bonds is 8. The maximum atomic E-state index is 5.06. The SMILES string of the molecule is CCNC(=NCC1(CC(C)C)CCC1)NCCOC. The standard InChI is InChI=1S/C15H31N3O/c1-5-16-14(17-9-10-19-4)18-12-15(7-6-8-15)11-13(2)3/h13H,5-12H2,1-4H3,(H2,16,17,18). The van der Waals surface area contributed by atoms with Crippen molar-refractivity contribution >= 4 is 5.96 Å². The summed E-state index contributed by atoms with van der Waals surface area (Å²) < 4.78 is 5.06. The molecule has 1 saturated carbocycles. The molecular formula is C15H31N3O. The molecule has 1 aliphatic carbocycles. The van der Waals surface area contributed by atoms with Crippen molar-refractivity contribution in [2.24, 2.45) is 16.3 Å². The third-order valence-corrected chi connectivity index (χ3v) is 3.77. The van der Waals surface area contributed by atoms with Crippen LogP contribution in [-0.4, -0.2) is 39.3 Å². The van der Waals surface area contributed by atoms with Gasteiger partial charge >= 0.3 is 0 Å². The van der Waals surface area contributed by atoms with Crippen LogP contribution in [0.1, 0.15) is 46.5 Å². The summed E-state index contributed by atoms with van der Waals surface area (Å²) in [7, 11) is 1.72. The number of aliphatic imine (C=N–C) groups is 1. The molecule has 1 aliphatic rings. The lowest BCUT2D eigenvalue weighted by atomic mass is 9.64. The Morgan fingerprint density at radius 1 is 1.32 bits per heavy atom. The fraction of sp³-hybridized carbons (Fsp3) is 0.933. The first-order chi connectivity index (χ1) is 9.12. The highest BCUT2D eigenvalue weighted by atomic mass is 16.5. The Labute approximate surface area is 118 Å². The number of methoxy groups -OCH3 is 1. The third-order valence-electron chi connectivity index (χ3n) is 3.77. The molecule has 0 atom stereocenters. The molecule has 0 bridgehead atoms. The first kappa shape index (κ1) is 16.3. The van der Waals surface area contributed by atoms with Crippen LogP contribution >= 0.6 is 0 Å². The summed E-state index contributed by atoms with van der Waals surface area (Å²) in [6.07, 6.45) is 5.35. The highest BCUT2D eigenvalue weighted by molar-refractivity contribution is 5.79. The van der Waals surface area contributed by atoms with Gasteiger partial charge in [0.2, 0.25) is 0 Å². The van der Waals surface area contributed by atoms with Gasteiger partial charge in [-0.2, -0.15) is 0 Å². The Hall–Kier alpha value is -0.770. The zero-order chi connectivity index (χ0) is 14.1. The Morgan fingerprint density at radius 3 is 2.53 bits per heavy atom. The summed E-state index contributed by atoms with van der Waals surface area (Å²) >= 11 is 0. The molecule has 0 amide bonds. The Balaban J connectivity index is 2.47. The van der Waals surface area contributed by atoms with Gasteiger partial charge in [-0.05, 0) is 37.5 Å². The van der Waals surface area contributed by atoms with Crippen LogP contribution in [0.4, 0.5) is 0 Å². The van der Waals surface area contributed by atoms with Crippen molar-refractivity contribution in [2.75, 3.05) is 33.4 Å². The summed E-state index contributed by atoms with van der Waals surface area (Å²) in [5.74, 6) is 1.69. The second-order valence-corrected chi connectivity index (χ2v) is 6.07. The zero-order valence-corrected chi connectivity index (χ0v) is 13.1. The fourth-order valence-electron chi connectivity index (χ4n) is 2.83. The Kier molecular flexibility index (Phi) is 7.21. The van der Waals surface area contributed by atoms with Gasteiger partial charge in [0, 0.05) is 26.7 Å². The largest absolute Gasteiger partial charge is 0.383 e. The van der Waals surface area contributed by atoms with E-state index in [1.54, 1.807) is 7.11 Å². The van der Waals surface area contributed by atoms with Crippen LogP contribution < -0.4 is 10.6 Å². The molecule has 1 fully saturated rings. The highest BCUT2D eigenvalue weighted by Gasteiger charge is 2.37. The molecular weight excluding hydrogens is 238 g/mol. The molecule has 0 aromatic heterocycles. The van der Waals surface area contributed by atoms with Crippen molar-refractivity contribution in [3.05, 3.63) is 0 Å². The van der Waals surface area contributed by atoms with Crippen molar-refractivity contribution in [1.82, 2.24) is 10.6 Å². The summed E-state index contributed by atoms with van der Waals surface area (Å²) in [5.41, 5.74) is 0.470. The normalized spacial score (nSPS) is 18.3. The van der Waals surface area contributed by atoms with Crippen molar-refractivity contribution in [3.8, 4) is 0 Å². The van der Waals surface area contributed by atoms with Crippen molar-refractivity contribution < 1.29 is 4.74 Å². The van der Waals surface area contributed by atoms with Crippen LogP contribution in [0.3, 0.4) is 0 Å². The monoisotopic (exact) mass is 269 g/mol. The van der Waals surface area contributed by atoms with E-state index in [4.69, 9.17) is 9.73 Å². The maximum absolute atomic E-state index is 5.06. The second kappa shape index (κ2) is 8.41. The van der Waals surface area contributed by atoms with Gasteiger partial charge in [-0.15, -0.1) is 0 Å². The number of hydrogen-bond donors (Lipinski definition) is 2. The van der Waals surface area contributed by atoms with Crippen LogP contribution in [0, 0.1) is 11.3 Å². The van der Waals surface area contributed by atoms with Crippen LogP contribution in [0.25, 0.3) is 0 Å². The zero-order valence-electron chi connectivity index (χ0n) is 13.1. The molecule has 0 radical (unpaired) electrons. The van der Waals surface area contributed by atoms with Gasteiger partial charge in [-0.3, -0.25) is 4.99 Å². The van der Waals surface area contributed by atoms with Crippen molar-refractivity contribution in [2.45, 2.75) is 46.5 Å². The lowest BCUT2D eigenvalue weighted by Gasteiger charge is -2.42. The van der Waals surface area contributed by atoms with E-state index in [0.29, 0.717) is 12.0 Å². The van der Waals surface area contributed by atoms with E-state index in [-0.39, 0.29) is 0 Å². The van der Waals surface area contributed by atoms with E-state index >= 15 is 0 Å². The first-order valence-electron chi connectivity index (χ1n) is 7.63. The molecule has 0 saturated heterocycles. The molecule has 0 heterocycles. The maximum Gasteiger partial charge on any atom is 0.191 e. The second-order valence-electron chi connectivity index (χ2n) is 6.07. The number of hydrogen-bond acceptors (Lipinski definition) is 2. The predicted molar refractivity (Wildman–Crippen MR) is 81.6 cm³/mol. The molecule has 19 heavy (non-hydrogen) atoms. The third kappa shape index (κ3) is 5.81. The lowest BCUT2D eigenvalue weighted by molar-refractivity contribution is 0.111. The van der Waals surface area contributed by atoms with E-state index in [1.807, 2.05) is 0 Å². The molecule has 2 N–H and O–H groups in total. The number of nitrogens with one attached hydrogen (secondary N) is 2. The molecule has 0 spiro atoms. The van der Waals surface area contributed by atoms with E-state index in [9.17, 15) is 0 Å². The van der Waals surface area contributed by atoms with E-state index in [0.717, 1.165) is 31.5 Å². The molecule has 4 heteroatoms. The number of guanidine groups is 1. The van der Waals surface area contributed by atoms with Crippen LogP contribution in [-0.2, 0) is 4.74 Å². The molecule has 4 nitrogen and oxygen atoms in total. The van der Waals surface area contributed by atoms with Gasteiger partial charge in [0.15, 0.2) is 5.96 Å². The van der Waals surface area contributed by atoms with E-state index in [1.165, 1.54) is 25.7 Å². The minimum absolute atomic E-state index is 0.470. The van der Waals surface area contributed by atoms with Gasteiger partial charge in [0.25, 0.3) is 0 Å². The Bertz CT molecular complexity index is 273. The summed E-state index contributed by atoms with van der Waals surface area (Å²) in [6, 6.07) is 0. The van der Waals surface area contributed by atoms with Gasteiger partial charge in [-0.25, -0.2) is 0 Å². The molecule has 1 rings (SSSR count). The predicted octanol–water partition coefficient (Wildman–Crippen LogP) is 2.40. The van der Waals surface area contributed by atoms with Crippen LogP contribution in [0.15, 0.2) is 4.99 Å².